The topological polar surface area (TPSA) is 52.3 Å². The van der Waals surface area contributed by atoms with Crippen LogP contribution in [0.25, 0.3) is 0 Å². The largest absolute Gasteiger partial charge is 0.462 e. The van der Waals surface area contributed by atoms with Crippen LogP contribution in [0.5, 0.6) is 0 Å². The van der Waals surface area contributed by atoms with Gasteiger partial charge in [-0.15, -0.1) is 0 Å². The van der Waals surface area contributed by atoms with E-state index in [1.807, 2.05) is 0 Å². The minimum Gasteiger partial charge on any atom is -0.462 e. The first-order chi connectivity index (χ1) is 4.27. The van der Waals surface area contributed by atoms with Crippen molar-refractivity contribution in [1.82, 2.24) is 0 Å². The van der Waals surface area contributed by atoms with Gasteiger partial charge < -0.3 is 10.5 Å². The lowest BCUT2D eigenvalue weighted by molar-refractivity contribution is -0.143. The summed E-state index contributed by atoms with van der Waals surface area (Å²) in [5.74, 6) is 0.274. The molecule has 0 spiro atoms. The van der Waals surface area contributed by atoms with Crippen LogP contribution in [0.4, 0.5) is 0 Å². The van der Waals surface area contributed by atoms with Crippen molar-refractivity contribution in [3.8, 4) is 0 Å². The molecule has 0 unspecified atom stereocenters. The summed E-state index contributed by atoms with van der Waals surface area (Å²) in [4.78, 5) is 10.6. The van der Waals surface area contributed by atoms with Crippen molar-refractivity contribution in [2.24, 2.45) is 11.7 Å². The van der Waals surface area contributed by atoms with E-state index in [0.29, 0.717) is 12.3 Å². The molecule has 9 heavy (non-hydrogen) atoms. The van der Waals surface area contributed by atoms with Gasteiger partial charge in [-0.25, -0.2) is 0 Å². The summed E-state index contributed by atoms with van der Waals surface area (Å²) in [5.41, 5.74) is 5.59. The first kappa shape index (κ1) is 5.23. The number of carbonyl (C=O) groups is 1. The van der Waals surface area contributed by atoms with Gasteiger partial charge in [-0.05, 0) is 0 Å². The predicted molar refractivity (Wildman–Crippen MR) is 30.6 cm³/mol. The highest BCUT2D eigenvalue weighted by atomic mass is 16.6. The SMILES string of the molecule is N[C@@H]1C[C@H]2OC(=O)C[C@H]12. The molecule has 3 atom stereocenters. The summed E-state index contributed by atoms with van der Waals surface area (Å²) in [7, 11) is 0. The lowest BCUT2D eigenvalue weighted by Gasteiger charge is -2.34. The lowest BCUT2D eigenvalue weighted by atomic mass is 9.77. The van der Waals surface area contributed by atoms with Gasteiger partial charge in [-0.1, -0.05) is 0 Å². The van der Waals surface area contributed by atoms with E-state index in [9.17, 15) is 4.79 Å². The third-order valence-corrected chi connectivity index (χ3v) is 2.22. The van der Waals surface area contributed by atoms with Crippen molar-refractivity contribution in [2.75, 3.05) is 0 Å². The molecule has 1 saturated heterocycles. The van der Waals surface area contributed by atoms with Gasteiger partial charge in [0.15, 0.2) is 0 Å². The van der Waals surface area contributed by atoms with Crippen LogP contribution in [0, 0.1) is 5.92 Å². The molecule has 3 heteroatoms. The van der Waals surface area contributed by atoms with E-state index >= 15 is 0 Å². The Hall–Kier alpha value is -0.570. The van der Waals surface area contributed by atoms with E-state index in [0.717, 1.165) is 6.42 Å². The summed E-state index contributed by atoms with van der Waals surface area (Å²) in [6.45, 7) is 0. The zero-order valence-corrected chi connectivity index (χ0v) is 5.04. The second-order valence-electron chi connectivity index (χ2n) is 2.80. The maximum atomic E-state index is 10.6. The van der Waals surface area contributed by atoms with E-state index in [1.54, 1.807) is 0 Å². The molecule has 2 rings (SSSR count). The molecule has 1 aliphatic heterocycles. The Morgan fingerprint density at radius 2 is 2.44 bits per heavy atom. The number of carbonyl (C=O) groups excluding carboxylic acids is 1. The lowest BCUT2D eigenvalue weighted by Crippen LogP contribution is -2.48. The second-order valence-corrected chi connectivity index (χ2v) is 2.80. The molecule has 2 N–H and O–H groups in total. The molecule has 1 saturated carbocycles. The number of esters is 1. The maximum Gasteiger partial charge on any atom is 0.306 e. The summed E-state index contributed by atoms with van der Waals surface area (Å²) < 4.78 is 4.91. The first-order valence-electron chi connectivity index (χ1n) is 3.22. The standard InChI is InChI=1S/C6H9NO2/c7-4-2-5-3(4)1-6(8)9-5/h3-5H,1-2,7H2/t3-,4-,5-/m1/s1. The van der Waals surface area contributed by atoms with Crippen LogP contribution in [-0.2, 0) is 9.53 Å². The van der Waals surface area contributed by atoms with E-state index in [1.165, 1.54) is 0 Å². The molecule has 0 radical (unpaired) electrons. The van der Waals surface area contributed by atoms with Crippen molar-refractivity contribution in [3.05, 3.63) is 0 Å². The van der Waals surface area contributed by atoms with Crippen molar-refractivity contribution in [3.63, 3.8) is 0 Å². The first-order valence-corrected chi connectivity index (χ1v) is 3.22. The highest BCUT2D eigenvalue weighted by Gasteiger charge is 2.47. The maximum absolute atomic E-state index is 10.6. The number of hydrogen-bond acceptors (Lipinski definition) is 3. The normalized spacial score (nSPS) is 47.7. The average molecular weight is 127 g/mol. The third-order valence-electron chi connectivity index (χ3n) is 2.22. The Morgan fingerprint density at radius 1 is 1.67 bits per heavy atom. The minimum atomic E-state index is -0.0713. The molecular formula is C6H9NO2. The Balaban J connectivity index is 2.08. The van der Waals surface area contributed by atoms with Crippen LogP contribution in [0.15, 0.2) is 0 Å². The smallest absolute Gasteiger partial charge is 0.306 e. The van der Waals surface area contributed by atoms with Gasteiger partial charge in [0.1, 0.15) is 6.10 Å². The molecule has 50 valence electrons. The molecule has 2 fully saturated rings. The van der Waals surface area contributed by atoms with Gasteiger partial charge >= 0.3 is 5.97 Å². The van der Waals surface area contributed by atoms with Crippen LogP contribution in [0.3, 0.4) is 0 Å². The van der Waals surface area contributed by atoms with Crippen LogP contribution in [-0.4, -0.2) is 18.1 Å². The van der Waals surface area contributed by atoms with E-state index in [-0.39, 0.29) is 18.1 Å². The predicted octanol–water partition coefficient (Wildman–Crippen LogP) is -0.351. The van der Waals surface area contributed by atoms with Crippen LogP contribution in [0.2, 0.25) is 0 Å². The van der Waals surface area contributed by atoms with E-state index in [4.69, 9.17) is 10.5 Å². The minimum absolute atomic E-state index is 0.0713. The molecule has 1 aliphatic carbocycles. The van der Waals surface area contributed by atoms with Gasteiger partial charge in [0.05, 0.1) is 6.42 Å². The van der Waals surface area contributed by atoms with Gasteiger partial charge in [-0.2, -0.15) is 0 Å². The highest BCUT2D eigenvalue weighted by Crippen LogP contribution is 2.37. The Kier molecular flexibility index (Phi) is 0.858. The third kappa shape index (κ3) is 0.580. The molecule has 0 bridgehead atoms. The quantitative estimate of drug-likeness (QED) is 0.452. The Bertz CT molecular complexity index is 157. The summed E-state index contributed by atoms with van der Waals surface area (Å²) >= 11 is 0. The molecule has 2 aliphatic rings. The van der Waals surface area contributed by atoms with Gasteiger partial charge in [0.25, 0.3) is 0 Å². The molecule has 0 aromatic carbocycles. The van der Waals surface area contributed by atoms with Crippen molar-refractivity contribution in [1.29, 1.82) is 0 Å². The number of ether oxygens (including phenoxy) is 1. The van der Waals surface area contributed by atoms with Crippen molar-refractivity contribution in [2.45, 2.75) is 25.0 Å². The highest BCUT2D eigenvalue weighted by molar-refractivity contribution is 5.72. The second kappa shape index (κ2) is 1.48. The summed E-state index contributed by atoms with van der Waals surface area (Å²) in [5, 5.41) is 0. The number of nitrogens with two attached hydrogens (primary N) is 1. The fourth-order valence-electron chi connectivity index (χ4n) is 1.53. The molecular weight excluding hydrogens is 118 g/mol. The molecule has 0 aromatic rings. The Labute approximate surface area is 53.2 Å². The summed E-state index contributed by atoms with van der Waals surface area (Å²) in [6.07, 6.45) is 1.59. The number of hydrogen-bond donors (Lipinski definition) is 1. The molecule has 0 amide bonds. The van der Waals surface area contributed by atoms with Gasteiger partial charge in [0.2, 0.25) is 0 Å². The zero-order valence-electron chi connectivity index (χ0n) is 5.04. The van der Waals surface area contributed by atoms with Crippen LogP contribution < -0.4 is 5.73 Å². The zero-order chi connectivity index (χ0) is 6.43. The summed E-state index contributed by atoms with van der Waals surface area (Å²) in [6, 6.07) is 0.224. The number of rotatable bonds is 0. The molecule has 1 heterocycles. The average Bonchev–Trinajstić information content (AvgIpc) is 2.08. The van der Waals surface area contributed by atoms with E-state index < -0.39 is 0 Å². The number of fused-ring (bicyclic) bond motifs is 1. The van der Waals surface area contributed by atoms with Crippen LogP contribution in [0.1, 0.15) is 12.8 Å². The van der Waals surface area contributed by atoms with Crippen molar-refractivity contribution >= 4 is 5.97 Å². The Morgan fingerprint density at radius 3 is 2.89 bits per heavy atom. The fraction of sp³-hybridized carbons (Fsp3) is 0.833. The molecule has 0 aromatic heterocycles. The van der Waals surface area contributed by atoms with Crippen LogP contribution >= 0.6 is 0 Å². The fourth-order valence-corrected chi connectivity index (χ4v) is 1.53. The molecule has 3 nitrogen and oxygen atoms in total. The van der Waals surface area contributed by atoms with Crippen molar-refractivity contribution < 1.29 is 9.53 Å². The van der Waals surface area contributed by atoms with E-state index in [2.05, 4.69) is 0 Å². The van der Waals surface area contributed by atoms with Gasteiger partial charge in [0, 0.05) is 18.4 Å². The van der Waals surface area contributed by atoms with Gasteiger partial charge in [-0.3, -0.25) is 4.79 Å². The monoisotopic (exact) mass is 127 g/mol.